The highest BCUT2D eigenvalue weighted by Gasteiger charge is 2.27. The fourth-order valence-electron chi connectivity index (χ4n) is 3.32. The molecule has 2 aromatic carbocycles. The number of hydrogen-bond donors (Lipinski definition) is 1. The first-order valence-electron chi connectivity index (χ1n) is 9.36. The third-order valence-corrected chi connectivity index (χ3v) is 5.63. The average molecular weight is 442 g/mol. The van der Waals surface area contributed by atoms with E-state index in [2.05, 4.69) is 15.3 Å². The summed E-state index contributed by atoms with van der Waals surface area (Å²) < 4.78 is 11.2. The van der Waals surface area contributed by atoms with E-state index in [-0.39, 0.29) is 12.0 Å². The maximum absolute atomic E-state index is 12.4. The zero-order chi connectivity index (χ0) is 21.1. The lowest BCUT2D eigenvalue weighted by Crippen LogP contribution is -2.34. The summed E-state index contributed by atoms with van der Waals surface area (Å²) in [5.74, 6) is 1.13. The molecule has 6 nitrogen and oxygen atoms in total. The van der Waals surface area contributed by atoms with Crippen molar-refractivity contribution < 1.29 is 14.3 Å². The van der Waals surface area contributed by atoms with Crippen LogP contribution in [0.3, 0.4) is 0 Å². The average Bonchev–Trinajstić information content (AvgIpc) is 3.21. The minimum Gasteiger partial charge on any atom is -0.497 e. The molecule has 1 aliphatic rings. The Balaban J connectivity index is 1.45. The summed E-state index contributed by atoms with van der Waals surface area (Å²) in [6, 6.07) is 12.8. The maximum Gasteiger partial charge on any atom is 0.251 e. The Morgan fingerprint density at radius 2 is 2.20 bits per heavy atom. The number of benzene rings is 2. The summed E-state index contributed by atoms with van der Waals surface area (Å²) in [4.78, 5) is 21.2. The first kappa shape index (κ1) is 20.5. The summed E-state index contributed by atoms with van der Waals surface area (Å²) in [7, 11) is 1.57. The standard InChI is InChI=1S/C22H20ClN3O3S/c1-28-16-5-3-4-13(9-16)21(27)25-12-17-10-15-8-14(11-18(23)20(15)29-17)19-6-7-24-22(26-19)30-2/h3-9,11,17H,10,12H2,1-2H3,(H,25,27). The number of amides is 1. The van der Waals surface area contributed by atoms with E-state index < -0.39 is 0 Å². The highest BCUT2D eigenvalue weighted by molar-refractivity contribution is 7.98. The van der Waals surface area contributed by atoms with Crippen molar-refractivity contribution in [2.75, 3.05) is 19.9 Å². The van der Waals surface area contributed by atoms with E-state index in [1.54, 1.807) is 37.6 Å². The largest absolute Gasteiger partial charge is 0.497 e. The molecular weight excluding hydrogens is 422 g/mol. The van der Waals surface area contributed by atoms with Gasteiger partial charge in [0.05, 0.1) is 24.4 Å². The van der Waals surface area contributed by atoms with Gasteiger partial charge in [0, 0.05) is 29.3 Å². The predicted octanol–water partition coefficient (Wildman–Crippen LogP) is 4.26. The SMILES string of the molecule is COc1cccc(C(=O)NCC2Cc3cc(-c4ccnc(SC)n4)cc(Cl)c3O2)c1. The van der Waals surface area contributed by atoms with E-state index in [0.29, 0.717) is 40.2 Å². The molecule has 0 aliphatic carbocycles. The molecule has 8 heteroatoms. The Morgan fingerprint density at radius 1 is 1.33 bits per heavy atom. The van der Waals surface area contributed by atoms with Gasteiger partial charge >= 0.3 is 0 Å². The van der Waals surface area contributed by atoms with Crippen LogP contribution in [0.4, 0.5) is 0 Å². The van der Waals surface area contributed by atoms with Crippen LogP contribution in [-0.4, -0.2) is 41.9 Å². The van der Waals surface area contributed by atoms with Crippen molar-refractivity contribution >= 4 is 29.3 Å². The lowest BCUT2D eigenvalue weighted by Gasteiger charge is -2.12. The number of hydrogen-bond acceptors (Lipinski definition) is 6. The van der Waals surface area contributed by atoms with Crippen LogP contribution in [0.1, 0.15) is 15.9 Å². The lowest BCUT2D eigenvalue weighted by molar-refractivity contribution is 0.0933. The second-order valence-corrected chi connectivity index (χ2v) is 7.94. The summed E-state index contributed by atoms with van der Waals surface area (Å²) >= 11 is 7.97. The molecule has 4 rings (SSSR count). The summed E-state index contributed by atoms with van der Waals surface area (Å²) in [6.45, 7) is 0.376. The number of rotatable bonds is 6. The smallest absolute Gasteiger partial charge is 0.251 e. The Kier molecular flexibility index (Phi) is 6.11. The molecule has 0 spiro atoms. The number of aromatic nitrogens is 2. The van der Waals surface area contributed by atoms with Crippen molar-refractivity contribution in [1.29, 1.82) is 0 Å². The van der Waals surface area contributed by atoms with Crippen LogP contribution in [0.15, 0.2) is 53.8 Å². The zero-order valence-corrected chi connectivity index (χ0v) is 18.1. The summed E-state index contributed by atoms with van der Waals surface area (Å²) in [6.07, 6.45) is 4.15. The van der Waals surface area contributed by atoms with Gasteiger partial charge in [0.25, 0.3) is 5.91 Å². The molecule has 154 valence electrons. The van der Waals surface area contributed by atoms with E-state index >= 15 is 0 Å². The number of halogens is 1. The van der Waals surface area contributed by atoms with Crippen LogP contribution in [0.25, 0.3) is 11.3 Å². The molecule has 30 heavy (non-hydrogen) atoms. The number of methoxy groups -OCH3 is 1. The molecule has 0 fully saturated rings. The van der Waals surface area contributed by atoms with Gasteiger partial charge in [0.15, 0.2) is 5.16 Å². The van der Waals surface area contributed by atoms with Crippen LogP contribution in [-0.2, 0) is 6.42 Å². The molecule has 0 bridgehead atoms. The van der Waals surface area contributed by atoms with Crippen LogP contribution >= 0.6 is 23.4 Å². The van der Waals surface area contributed by atoms with E-state index in [4.69, 9.17) is 21.1 Å². The number of carbonyl (C=O) groups excluding carboxylic acids is 1. The molecule has 3 aromatic rings. The number of ether oxygens (including phenoxy) is 2. The third kappa shape index (κ3) is 4.37. The fourth-order valence-corrected chi connectivity index (χ4v) is 3.96. The van der Waals surface area contributed by atoms with Crippen LogP contribution in [0.5, 0.6) is 11.5 Å². The Hall–Kier alpha value is -2.77. The maximum atomic E-state index is 12.4. The highest BCUT2D eigenvalue weighted by Crippen LogP contribution is 2.39. The predicted molar refractivity (Wildman–Crippen MR) is 118 cm³/mol. The summed E-state index contributed by atoms with van der Waals surface area (Å²) in [5, 5.41) is 4.16. The molecule has 0 saturated carbocycles. The first-order chi connectivity index (χ1) is 14.6. The van der Waals surface area contributed by atoms with Crippen LogP contribution in [0.2, 0.25) is 5.02 Å². The molecule has 1 atom stereocenters. The van der Waals surface area contributed by atoms with Crippen molar-refractivity contribution in [3.05, 3.63) is 64.8 Å². The molecule has 0 saturated heterocycles. The molecular formula is C22H20ClN3O3S. The van der Waals surface area contributed by atoms with Crippen LogP contribution < -0.4 is 14.8 Å². The summed E-state index contributed by atoms with van der Waals surface area (Å²) in [5.41, 5.74) is 3.27. The normalized spacial score (nSPS) is 14.7. The Labute approximate surface area is 184 Å². The quantitative estimate of drug-likeness (QED) is 0.455. The molecule has 1 N–H and O–H groups in total. The lowest BCUT2D eigenvalue weighted by atomic mass is 10.0. The minimum absolute atomic E-state index is 0.175. The van der Waals surface area contributed by atoms with Crippen molar-refractivity contribution in [3.63, 3.8) is 0 Å². The Bertz CT molecular complexity index is 1090. The van der Waals surface area contributed by atoms with E-state index in [1.807, 2.05) is 24.5 Å². The number of fused-ring (bicyclic) bond motifs is 1. The van der Waals surface area contributed by atoms with Gasteiger partial charge in [0.2, 0.25) is 0 Å². The molecule has 1 amide bonds. The number of thioether (sulfide) groups is 1. The van der Waals surface area contributed by atoms with Gasteiger partial charge in [-0.2, -0.15) is 0 Å². The van der Waals surface area contributed by atoms with Gasteiger partial charge in [0.1, 0.15) is 17.6 Å². The molecule has 1 aromatic heterocycles. The van der Waals surface area contributed by atoms with Gasteiger partial charge in [-0.05, 0) is 42.7 Å². The second kappa shape index (κ2) is 8.93. The molecule has 2 heterocycles. The van der Waals surface area contributed by atoms with Gasteiger partial charge in [-0.25, -0.2) is 9.97 Å². The van der Waals surface area contributed by atoms with Gasteiger partial charge < -0.3 is 14.8 Å². The van der Waals surface area contributed by atoms with E-state index in [9.17, 15) is 4.79 Å². The van der Waals surface area contributed by atoms with Gasteiger partial charge in [-0.1, -0.05) is 29.4 Å². The second-order valence-electron chi connectivity index (χ2n) is 6.76. The number of carbonyl (C=O) groups is 1. The van der Waals surface area contributed by atoms with Crippen molar-refractivity contribution in [2.45, 2.75) is 17.7 Å². The van der Waals surface area contributed by atoms with E-state index in [0.717, 1.165) is 16.8 Å². The van der Waals surface area contributed by atoms with Crippen molar-refractivity contribution in [3.8, 4) is 22.8 Å². The minimum atomic E-state index is -0.186. The topological polar surface area (TPSA) is 73.3 Å². The number of nitrogens with one attached hydrogen (secondary N) is 1. The van der Waals surface area contributed by atoms with E-state index in [1.165, 1.54) is 11.8 Å². The molecule has 0 radical (unpaired) electrons. The zero-order valence-electron chi connectivity index (χ0n) is 16.5. The first-order valence-corrected chi connectivity index (χ1v) is 11.0. The van der Waals surface area contributed by atoms with Crippen LogP contribution in [0, 0.1) is 0 Å². The molecule has 1 aliphatic heterocycles. The highest BCUT2D eigenvalue weighted by atomic mass is 35.5. The third-order valence-electron chi connectivity index (χ3n) is 4.79. The number of nitrogens with zero attached hydrogens (tertiary/aromatic N) is 2. The van der Waals surface area contributed by atoms with Crippen molar-refractivity contribution in [2.24, 2.45) is 0 Å². The monoisotopic (exact) mass is 441 g/mol. The fraction of sp³-hybridized carbons (Fsp3) is 0.227. The van der Waals surface area contributed by atoms with Gasteiger partial charge in [-0.15, -0.1) is 0 Å². The molecule has 1 unspecified atom stereocenters. The Morgan fingerprint density at radius 3 is 3.00 bits per heavy atom. The van der Waals surface area contributed by atoms with Crippen molar-refractivity contribution in [1.82, 2.24) is 15.3 Å². The van der Waals surface area contributed by atoms with Gasteiger partial charge in [-0.3, -0.25) is 4.79 Å².